The number of hydrogen-bond donors (Lipinski definition) is 1. The monoisotopic (exact) mass is 340 g/mol. The lowest BCUT2D eigenvalue weighted by molar-refractivity contribution is -0.133. The van der Waals surface area contributed by atoms with E-state index in [0.29, 0.717) is 6.54 Å². The molecule has 0 aromatic heterocycles. The van der Waals surface area contributed by atoms with Crippen LogP contribution < -0.4 is 5.32 Å². The summed E-state index contributed by atoms with van der Waals surface area (Å²) in [6.07, 6.45) is 0.909. The molecule has 0 aromatic rings. The number of nitrogens with zero attached hydrogens (tertiary/aromatic N) is 3. The van der Waals surface area contributed by atoms with E-state index in [1.165, 1.54) is 0 Å². The SMILES string of the molecule is CCN(CC)C(=O)CN1CCN(C(C)C(=O)NC(C)(C)CC)CC1. The highest BCUT2D eigenvalue weighted by Gasteiger charge is 2.29. The normalized spacial score (nSPS) is 18.2. The van der Waals surface area contributed by atoms with Crippen LogP contribution in [0.3, 0.4) is 0 Å². The number of likely N-dealkylation sites (N-methyl/N-ethyl adjacent to an activating group) is 1. The summed E-state index contributed by atoms with van der Waals surface area (Å²) in [4.78, 5) is 30.9. The van der Waals surface area contributed by atoms with Crippen LogP contribution in [0.25, 0.3) is 0 Å². The number of amides is 2. The number of carbonyl (C=O) groups is 2. The molecule has 0 radical (unpaired) electrons. The van der Waals surface area contributed by atoms with Crippen molar-refractivity contribution in [2.45, 2.75) is 59.5 Å². The van der Waals surface area contributed by atoms with Crippen molar-refractivity contribution in [2.24, 2.45) is 0 Å². The van der Waals surface area contributed by atoms with Crippen molar-refractivity contribution in [3.63, 3.8) is 0 Å². The number of carbonyl (C=O) groups excluding carboxylic acids is 2. The van der Waals surface area contributed by atoms with Crippen LogP contribution in [0.2, 0.25) is 0 Å². The molecule has 24 heavy (non-hydrogen) atoms. The Kier molecular flexibility index (Phi) is 8.16. The molecule has 1 heterocycles. The first kappa shape index (κ1) is 20.9. The van der Waals surface area contributed by atoms with Crippen molar-refractivity contribution in [2.75, 3.05) is 45.8 Å². The Labute approximate surface area is 147 Å². The van der Waals surface area contributed by atoms with Crippen LogP contribution in [0.15, 0.2) is 0 Å². The Hall–Kier alpha value is -1.14. The van der Waals surface area contributed by atoms with Crippen molar-refractivity contribution in [3.05, 3.63) is 0 Å². The first-order chi connectivity index (χ1) is 11.2. The first-order valence-corrected chi connectivity index (χ1v) is 9.30. The van der Waals surface area contributed by atoms with Crippen molar-refractivity contribution in [1.82, 2.24) is 20.0 Å². The number of nitrogens with one attached hydrogen (secondary N) is 1. The standard InChI is InChI=1S/C18H36N4O2/c1-7-18(5,6)19-17(24)15(4)22-12-10-20(11-13-22)14-16(23)21(8-2)9-3/h15H,7-14H2,1-6H3,(H,19,24). The van der Waals surface area contributed by atoms with Crippen molar-refractivity contribution in [1.29, 1.82) is 0 Å². The van der Waals surface area contributed by atoms with Gasteiger partial charge in [-0.2, -0.15) is 0 Å². The smallest absolute Gasteiger partial charge is 0.237 e. The molecule has 0 aromatic carbocycles. The first-order valence-electron chi connectivity index (χ1n) is 9.30. The molecule has 140 valence electrons. The van der Waals surface area contributed by atoms with E-state index in [2.05, 4.69) is 22.0 Å². The highest BCUT2D eigenvalue weighted by molar-refractivity contribution is 5.82. The summed E-state index contributed by atoms with van der Waals surface area (Å²) >= 11 is 0. The van der Waals surface area contributed by atoms with Crippen LogP contribution in [0.1, 0.15) is 48.0 Å². The second-order valence-corrected chi connectivity index (χ2v) is 7.28. The Morgan fingerprint density at radius 2 is 1.62 bits per heavy atom. The van der Waals surface area contributed by atoms with Crippen molar-refractivity contribution in [3.8, 4) is 0 Å². The molecule has 6 nitrogen and oxygen atoms in total. The van der Waals surface area contributed by atoms with Gasteiger partial charge in [-0.05, 0) is 41.0 Å². The van der Waals surface area contributed by atoms with Crippen LogP contribution in [0, 0.1) is 0 Å². The van der Waals surface area contributed by atoms with Gasteiger partial charge in [-0.25, -0.2) is 0 Å². The largest absolute Gasteiger partial charge is 0.350 e. The maximum atomic E-state index is 12.4. The molecular formula is C18H36N4O2. The molecule has 0 spiro atoms. The molecule has 1 aliphatic rings. The van der Waals surface area contributed by atoms with Crippen LogP contribution in [-0.2, 0) is 9.59 Å². The number of hydrogen-bond acceptors (Lipinski definition) is 4. The Morgan fingerprint density at radius 3 is 2.08 bits per heavy atom. The summed E-state index contributed by atoms with van der Waals surface area (Å²) in [6.45, 7) is 17.5. The minimum atomic E-state index is -0.163. The maximum Gasteiger partial charge on any atom is 0.237 e. The van der Waals surface area contributed by atoms with E-state index in [1.807, 2.05) is 39.5 Å². The Bertz CT molecular complexity index is 413. The third-order valence-corrected chi connectivity index (χ3v) is 5.15. The fourth-order valence-corrected chi connectivity index (χ4v) is 2.87. The molecule has 1 rings (SSSR count). The molecule has 1 N–H and O–H groups in total. The van der Waals surface area contributed by atoms with Gasteiger partial charge in [-0.1, -0.05) is 6.92 Å². The average Bonchev–Trinajstić information content (AvgIpc) is 2.55. The zero-order chi connectivity index (χ0) is 18.3. The van der Waals surface area contributed by atoms with E-state index in [9.17, 15) is 9.59 Å². The van der Waals surface area contributed by atoms with Crippen LogP contribution >= 0.6 is 0 Å². The zero-order valence-electron chi connectivity index (χ0n) is 16.4. The summed E-state index contributed by atoms with van der Waals surface area (Å²) in [7, 11) is 0. The summed E-state index contributed by atoms with van der Waals surface area (Å²) in [5.74, 6) is 0.290. The Morgan fingerprint density at radius 1 is 1.08 bits per heavy atom. The van der Waals surface area contributed by atoms with Gasteiger partial charge in [0.25, 0.3) is 0 Å². The predicted molar refractivity (Wildman–Crippen MR) is 97.9 cm³/mol. The molecule has 0 bridgehead atoms. The summed E-state index contributed by atoms with van der Waals surface area (Å²) < 4.78 is 0. The van der Waals surface area contributed by atoms with Gasteiger partial charge in [0.15, 0.2) is 0 Å². The molecule has 0 saturated carbocycles. The van der Waals surface area contributed by atoms with Gasteiger partial charge in [0.05, 0.1) is 12.6 Å². The number of rotatable bonds is 8. The van der Waals surface area contributed by atoms with Crippen molar-refractivity contribution < 1.29 is 9.59 Å². The minimum Gasteiger partial charge on any atom is -0.350 e. The van der Waals surface area contributed by atoms with Gasteiger partial charge >= 0.3 is 0 Å². The van der Waals surface area contributed by atoms with Gasteiger partial charge in [0.2, 0.25) is 11.8 Å². The number of piperazine rings is 1. The Balaban J connectivity index is 2.44. The third-order valence-electron chi connectivity index (χ3n) is 5.15. The maximum absolute atomic E-state index is 12.4. The van der Waals surface area contributed by atoms with Crippen molar-refractivity contribution >= 4 is 11.8 Å². The lowest BCUT2D eigenvalue weighted by atomic mass is 10.0. The van der Waals surface area contributed by atoms with Crippen LogP contribution in [0.4, 0.5) is 0 Å². The molecule has 1 unspecified atom stereocenters. The lowest BCUT2D eigenvalue weighted by Gasteiger charge is -2.38. The second kappa shape index (κ2) is 9.37. The zero-order valence-corrected chi connectivity index (χ0v) is 16.4. The quantitative estimate of drug-likeness (QED) is 0.721. The van der Waals surface area contributed by atoms with E-state index in [1.54, 1.807) is 0 Å². The van der Waals surface area contributed by atoms with Crippen LogP contribution in [0.5, 0.6) is 0 Å². The third kappa shape index (κ3) is 6.06. The van der Waals surface area contributed by atoms with E-state index < -0.39 is 0 Å². The highest BCUT2D eigenvalue weighted by Crippen LogP contribution is 2.11. The molecule has 1 atom stereocenters. The average molecular weight is 341 g/mol. The molecule has 1 aliphatic heterocycles. The molecule has 6 heteroatoms. The van der Waals surface area contributed by atoms with E-state index >= 15 is 0 Å². The highest BCUT2D eigenvalue weighted by atomic mass is 16.2. The van der Waals surface area contributed by atoms with Gasteiger partial charge in [0.1, 0.15) is 0 Å². The summed E-state index contributed by atoms with van der Waals surface area (Å²) in [5, 5.41) is 3.12. The second-order valence-electron chi connectivity index (χ2n) is 7.28. The summed E-state index contributed by atoms with van der Waals surface area (Å²) in [5.41, 5.74) is -0.163. The van der Waals surface area contributed by atoms with Crippen LogP contribution in [-0.4, -0.2) is 83.9 Å². The van der Waals surface area contributed by atoms with Gasteiger partial charge in [-0.15, -0.1) is 0 Å². The molecular weight excluding hydrogens is 304 g/mol. The predicted octanol–water partition coefficient (Wildman–Crippen LogP) is 1.17. The van der Waals surface area contributed by atoms with Gasteiger partial charge < -0.3 is 10.2 Å². The lowest BCUT2D eigenvalue weighted by Crippen LogP contribution is -2.57. The van der Waals surface area contributed by atoms with Gasteiger partial charge in [0, 0.05) is 44.8 Å². The van der Waals surface area contributed by atoms with E-state index in [-0.39, 0.29) is 23.4 Å². The summed E-state index contributed by atoms with van der Waals surface area (Å²) in [6, 6.07) is -0.128. The van der Waals surface area contributed by atoms with Gasteiger partial charge in [-0.3, -0.25) is 19.4 Å². The van der Waals surface area contributed by atoms with E-state index in [4.69, 9.17) is 0 Å². The molecule has 1 fully saturated rings. The fourth-order valence-electron chi connectivity index (χ4n) is 2.87. The molecule has 1 saturated heterocycles. The fraction of sp³-hybridized carbons (Fsp3) is 0.889. The molecule has 0 aliphatic carbocycles. The minimum absolute atomic E-state index is 0.0921. The molecule has 2 amide bonds. The topological polar surface area (TPSA) is 55.9 Å². The van der Waals surface area contributed by atoms with E-state index in [0.717, 1.165) is 45.7 Å².